The van der Waals surface area contributed by atoms with Crippen LogP contribution in [0, 0.1) is 17.3 Å². The number of hydrogen-bond donors (Lipinski definition) is 1. The van der Waals surface area contributed by atoms with Crippen molar-refractivity contribution in [3.8, 4) is 0 Å². The molecule has 4 fully saturated rings. The Hall–Kier alpha value is -1.55. The predicted octanol–water partition coefficient (Wildman–Crippen LogP) is 4.95. The van der Waals surface area contributed by atoms with Gasteiger partial charge in [0.15, 0.2) is 0 Å². The highest BCUT2D eigenvalue weighted by molar-refractivity contribution is 5.75. The molecule has 0 aromatic heterocycles. The molecule has 2 amide bonds. The molecule has 5 atom stereocenters. The molecule has 1 aliphatic heterocycles. The largest absolute Gasteiger partial charge is 0.331 e. The van der Waals surface area contributed by atoms with Gasteiger partial charge >= 0.3 is 6.03 Å². The van der Waals surface area contributed by atoms with E-state index in [-0.39, 0.29) is 18.9 Å². The van der Waals surface area contributed by atoms with Crippen LogP contribution in [0.4, 0.5) is 4.79 Å². The average Bonchev–Trinajstić information content (AvgIpc) is 3.34. The lowest BCUT2D eigenvalue weighted by Gasteiger charge is -2.53. The van der Waals surface area contributed by atoms with Crippen LogP contribution >= 0.6 is 0 Å². The smallest absolute Gasteiger partial charge is 0.317 e. The number of urea groups is 1. The third-order valence-corrected chi connectivity index (χ3v) is 9.97. The van der Waals surface area contributed by atoms with Crippen molar-refractivity contribution in [3.63, 3.8) is 0 Å². The van der Waals surface area contributed by atoms with E-state index in [4.69, 9.17) is 0 Å². The van der Waals surface area contributed by atoms with Gasteiger partial charge in [-0.25, -0.2) is 4.79 Å². The maximum atomic E-state index is 12.8. The fourth-order valence-corrected chi connectivity index (χ4v) is 8.17. The zero-order valence-electron chi connectivity index (χ0n) is 18.7. The molecule has 0 bridgehead atoms. The predicted molar refractivity (Wildman–Crippen MR) is 122 cm³/mol. The van der Waals surface area contributed by atoms with Crippen LogP contribution in [0.15, 0.2) is 24.3 Å². The molecule has 0 radical (unpaired) electrons. The van der Waals surface area contributed by atoms with Gasteiger partial charge in [-0.3, -0.25) is 0 Å². The highest BCUT2D eigenvalue weighted by Gasteiger charge is 2.71. The lowest BCUT2D eigenvalue weighted by Crippen LogP contribution is -2.56. The van der Waals surface area contributed by atoms with Crippen LogP contribution in [0.5, 0.6) is 0 Å². The molecule has 2 spiro atoms. The highest BCUT2D eigenvalue weighted by atomic mass is 16.2. The first kappa shape index (κ1) is 19.2. The second-order valence-electron chi connectivity index (χ2n) is 10.9. The number of piperidine rings is 1. The molecule has 1 aromatic carbocycles. The molecule has 4 heteroatoms. The summed E-state index contributed by atoms with van der Waals surface area (Å²) in [5, 5.41) is 3.38. The minimum atomic E-state index is 0. The van der Waals surface area contributed by atoms with Crippen molar-refractivity contribution in [2.75, 3.05) is 26.2 Å². The van der Waals surface area contributed by atoms with Crippen LogP contribution < -0.4 is 5.32 Å². The molecule has 1 heterocycles. The Morgan fingerprint density at radius 3 is 2.60 bits per heavy atom. The van der Waals surface area contributed by atoms with E-state index in [1.165, 1.54) is 56.3 Å². The van der Waals surface area contributed by atoms with Crippen molar-refractivity contribution in [2.45, 2.75) is 76.3 Å². The molecule has 3 saturated carbocycles. The molecule has 30 heavy (non-hydrogen) atoms. The average molecular weight is 410 g/mol. The third kappa shape index (κ3) is 2.58. The Morgan fingerprint density at radius 2 is 1.90 bits per heavy atom. The number of carbonyl (C=O) groups excluding carboxylic acids is 1. The van der Waals surface area contributed by atoms with Crippen LogP contribution in [-0.2, 0) is 5.41 Å². The molecule has 164 valence electrons. The zero-order chi connectivity index (χ0) is 20.5. The summed E-state index contributed by atoms with van der Waals surface area (Å²) in [4.78, 5) is 17.5. The number of likely N-dealkylation sites (tertiary alicyclic amines) is 1. The van der Waals surface area contributed by atoms with E-state index in [1.54, 1.807) is 6.42 Å². The van der Waals surface area contributed by atoms with Crippen LogP contribution in [-0.4, -0.2) is 48.1 Å². The SMILES string of the molecule is CCN(CC)C(=O)N[C@H]1CC2(CCN(C3CC45C[C@H]4CC[C@@H]35)CC2)c2ccccc21.[HH]. The van der Waals surface area contributed by atoms with Crippen molar-refractivity contribution in [2.24, 2.45) is 17.3 Å². The fraction of sp³-hybridized carbons (Fsp3) is 0.731. The Kier molecular flexibility index (Phi) is 4.29. The molecule has 1 aromatic rings. The van der Waals surface area contributed by atoms with E-state index in [9.17, 15) is 4.79 Å². The first-order valence-corrected chi connectivity index (χ1v) is 12.5. The van der Waals surface area contributed by atoms with Crippen molar-refractivity contribution in [3.05, 3.63) is 35.4 Å². The van der Waals surface area contributed by atoms with Gasteiger partial charge in [-0.2, -0.15) is 0 Å². The second-order valence-corrected chi connectivity index (χ2v) is 10.9. The van der Waals surface area contributed by atoms with Gasteiger partial charge in [0.25, 0.3) is 0 Å². The topological polar surface area (TPSA) is 35.6 Å². The standard InChI is InChI=1S/C26H37N3O.H2/c1-3-28(4-2)24(30)27-22-16-25(20-8-6-5-7-19(20)22)11-13-29(14-12-25)23-17-26-15-18(26)9-10-21(23)26;/h5-8,18,21-23H,3-4,9-17H2,1-2H3,(H,27,30);1H/t18-,21+,22+,23?,26?;/m1./s1. The monoisotopic (exact) mass is 409 g/mol. The summed E-state index contributed by atoms with van der Waals surface area (Å²) in [5.74, 6) is 2.13. The summed E-state index contributed by atoms with van der Waals surface area (Å²) in [5.41, 5.74) is 3.96. The van der Waals surface area contributed by atoms with E-state index in [0.717, 1.165) is 42.8 Å². The summed E-state index contributed by atoms with van der Waals surface area (Å²) >= 11 is 0. The molecular formula is C26H39N3O. The van der Waals surface area contributed by atoms with Crippen LogP contribution in [0.2, 0.25) is 0 Å². The van der Waals surface area contributed by atoms with E-state index >= 15 is 0 Å². The minimum Gasteiger partial charge on any atom is -0.331 e. The molecule has 5 aliphatic rings. The lowest BCUT2D eigenvalue weighted by atomic mass is 9.65. The molecule has 4 nitrogen and oxygen atoms in total. The van der Waals surface area contributed by atoms with E-state index in [2.05, 4.69) is 48.3 Å². The van der Waals surface area contributed by atoms with Gasteiger partial charge in [0.1, 0.15) is 0 Å². The number of nitrogens with one attached hydrogen (secondary N) is 1. The van der Waals surface area contributed by atoms with Gasteiger partial charge in [-0.1, -0.05) is 24.3 Å². The minimum absolute atomic E-state index is 0. The Labute approximate surface area is 182 Å². The summed E-state index contributed by atoms with van der Waals surface area (Å²) < 4.78 is 0. The second kappa shape index (κ2) is 6.72. The number of fused-ring (bicyclic) bond motifs is 2. The zero-order valence-corrected chi connectivity index (χ0v) is 18.7. The number of carbonyl (C=O) groups is 1. The molecule has 6 rings (SSSR count). The first-order valence-electron chi connectivity index (χ1n) is 12.5. The van der Waals surface area contributed by atoms with Crippen molar-refractivity contribution < 1.29 is 6.22 Å². The number of hydrogen-bond acceptors (Lipinski definition) is 2. The number of benzene rings is 1. The number of nitrogens with zero attached hydrogens (tertiary/aromatic N) is 2. The quantitative estimate of drug-likeness (QED) is 0.764. The van der Waals surface area contributed by atoms with Crippen molar-refractivity contribution in [1.29, 1.82) is 0 Å². The Balaban J connectivity index is 0.00000204. The highest BCUT2D eigenvalue weighted by Crippen LogP contribution is 2.76. The fourth-order valence-electron chi connectivity index (χ4n) is 8.17. The summed E-state index contributed by atoms with van der Waals surface area (Å²) in [7, 11) is 0. The van der Waals surface area contributed by atoms with Gasteiger partial charge in [-0.05, 0) is 100 Å². The van der Waals surface area contributed by atoms with Gasteiger partial charge in [0.05, 0.1) is 6.04 Å². The molecule has 1 N–H and O–H groups in total. The number of amides is 2. The van der Waals surface area contributed by atoms with Crippen LogP contribution in [0.25, 0.3) is 0 Å². The van der Waals surface area contributed by atoms with Crippen LogP contribution in [0.3, 0.4) is 0 Å². The maximum absolute atomic E-state index is 12.8. The Bertz CT molecular complexity index is 845. The van der Waals surface area contributed by atoms with Crippen molar-refractivity contribution >= 4 is 6.03 Å². The van der Waals surface area contributed by atoms with E-state index in [1.807, 2.05) is 4.90 Å². The molecule has 4 aliphatic carbocycles. The third-order valence-electron chi connectivity index (χ3n) is 9.97. The first-order chi connectivity index (χ1) is 14.6. The van der Waals surface area contributed by atoms with Gasteiger partial charge < -0.3 is 15.1 Å². The summed E-state index contributed by atoms with van der Waals surface area (Å²) in [6.07, 6.45) is 9.64. The van der Waals surface area contributed by atoms with E-state index in [0.29, 0.717) is 0 Å². The summed E-state index contributed by atoms with van der Waals surface area (Å²) in [6, 6.07) is 10.1. The molecule has 2 unspecified atom stereocenters. The van der Waals surface area contributed by atoms with Crippen LogP contribution in [0.1, 0.15) is 77.4 Å². The summed E-state index contributed by atoms with van der Waals surface area (Å²) in [6.45, 7) is 8.13. The lowest BCUT2D eigenvalue weighted by molar-refractivity contribution is -0.0258. The number of rotatable bonds is 4. The molecular weight excluding hydrogens is 370 g/mol. The van der Waals surface area contributed by atoms with Gasteiger partial charge in [-0.15, -0.1) is 0 Å². The Morgan fingerprint density at radius 1 is 1.13 bits per heavy atom. The normalized spacial score (nSPS) is 37.8. The van der Waals surface area contributed by atoms with E-state index < -0.39 is 0 Å². The van der Waals surface area contributed by atoms with Crippen molar-refractivity contribution in [1.82, 2.24) is 15.1 Å². The maximum Gasteiger partial charge on any atom is 0.317 e. The molecule has 1 saturated heterocycles. The van der Waals surface area contributed by atoms with Gasteiger partial charge in [0.2, 0.25) is 0 Å². The van der Waals surface area contributed by atoms with Gasteiger partial charge in [0, 0.05) is 26.0 Å².